The van der Waals surface area contributed by atoms with Crippen molar-refractivity contribution in [2.45, 2.75) is 18.7 Å². The highest BCUT2D eigenvalue weighted by Crippen LogP contribution is 2.22. The second-order valence-corrected chi connectivity index (χ2v) is 8.73. The summed E-state index contributed by atoms with van der Waals surface area (Å²) < 4.78 is 26.3. The van der Waals surface area contributed by atoms with E-state index < -0.39 is 15.3 Å². The Bertz CT molecular complexity index is 512. The molecule has 0 amide bonds. The van der Waals surface area contributed by atoms with E-state index in [0.29, 0.717) is 6.54 Å². The minimum atomic E-state index is -3.47. The molecule has 8 heteroatoms. The van der Waals surface area contributed by atoms with Crippen LogP contribution in [0.4, 0.5) is 0 Å². The highest BCUT2D eigenvalue weighted by molar-refractivity contribution is 9.11. The molecule has 0 saturated carbocycles. The van der Waals surface area contributed by atoms with Crippen molar-refractivity contribution in [3.8, 4) is 0 Å². The average Bonchev–Trinajstić information content (AvgIpc) is 2.62. The van der Waals surface area contributed by atoms with E-state index in [1.807, 2.05) is 11.4 Å². The van der Waals surface area contributed by atoms with Crippen LogP contribution in [-0.2, 0) is 16.6 Å². The van der Waals surface area contributed by atoms with E-state index in [9.17, 15) is 8.42 Å². The van der Waals surface area contributed by atoms with Crippen LogP contribution in [-0.4, -0.2) is 30.0 Å². The molecule has 4 nitrogen and oxygen atoms in total. The first-order valence-electron chi connectivity index (χ1n) is 4.72. The molecule has 0 fully saturated rings. The van der Waals surface area contributed by atoms with Crippen LogP contribution in [0.5, 0.6) is 0 Å². The average molecular weight is 357 g/mol. The van der Waals surface area contributed by atoms with Gasteiger partial charge in [0.15, 0.2) is 0 Å². The molecule has 2 N–H and O–H groups in total. The van der Waals surface area contributed by atoms with Crippen LogP contribution in [0.15, 0.2) is 15.2 Å². The number of hydrogen-bond acceptors (Lipinski definition) is 4. The van der Waals surface area contributed by atoms with Crippen molar-refractivity contribution >= 4 is 54.5 Å². The minimum absolute atomic E-state index is 0.0108. The summed E-state index contributed by atoms with van der Waals surface area (Å²) in [5, 5.41) is 1.06. The highest BCUT2D eigenvalue weighted by atomic mass is 79.9. The lowest BCUT2D eigenvalue weighted by atomic mass is 10.3. The molecule has 1 aromatic rings. The highest BCUT2D eigenvalue weighted by Gasteiger charge is 2.28. The molecule has 0 aliphatic rings. The number of nitrogens with zero attached hydrogens (tertiary/aromatic N) is 1. The Morgan fingerprint density at radius 3 is 2.71 bits per heavy atom. The van der Waals surface area contributed by atoms with Crippen molar-refractivity contribution in [2.75, 3.05) is 7.05 Å². The van der Waals surface area contributed by atoms with Crippen molar-refractivity contribution in [2.24, 2.45) is 5.73 Å². The zero-order valence-electron chi connectivity index (χ0n) is 9.38. The topological polar surface area (TPSA) is 63.4 Å². The molecule has 96 valence electrons. The molecule has 0 aromatic carbocycles. The van der Waals surface area contributed by atoms with Gasteiger partial charge in [-0.3, -0.25) is 0 Å². The number of sulfonamides is 1. The third-order valence-electron chi connectivity index (χ3n) is 2.31. The first-order valence-corrected chi connectivity index (χ1v) is 8.31. The van der Waals surface area contributed by atoms with Crippen LogP contribution in [0.25, 0.3) is 0 Å². The Balaban J connectivity index is 2.83. The molecule has 0 aliphatic heterocycles. The summed E-state index contributed by atoms with van der Waals surface area (Å²) in [5.41, 5.74) is 6.31. The first kappa shape index (κ1) is 15.0. The van der Waals surface area contributed by atoms with Crippen LogP contribution < -0.4 is 5.73 Å². The summed E-state index contributed by atoms with van der Waals surface area (Å²) in [6, 6.07) is 1.89. The molecular formula is C9H13BrN2O2S3. The Labute approximate surface area is 119 Å². The summed E-state index contributed by atoms with van der Waals surface area (Å²) >= 11 is 9.57. The summed E-state index contributed by atoms with van der Waals surface area (Å²) in [5.74, 6) is 0. The van der Waals surface area contributed by atoms with Gasteiger partial charge in [-0.2, -0.15) is 4.31 Å². The Morgan fingerprint density at radius 2 is 2.29 bits per heavy atom. The fraction of sp³-hybridized carbons (Fsp3) is 0.444. The lowest BCUT2D eigenvalue weighted by Crippen LogP contribution is -2.40. The molecular weight excluding hydrogens is 344 g/mol. The Morgan fingerprint density at radius 1 is 1.71 bits per heavy atom. The molecule has 1 aromatic heterocycles. The SMILES string of the molecule is CC(C(N)=S)S(=O)(=O)N(C)Cc1csc(Br)c1. The predicted molar refractivity (Wildman–Crippen MR) is 78.7 cm³/mol. The zero-order chi connectivity index (χ0) is 13.2. The molecule has 1 unspecified atom stereocenters. The normalized spacial score (nSPS) is 13.9. The summed E-state index contributed by atoms with van der Waals surface area (Å²) in [7, 11) is -1.95. The van der Waals surface area contributed by atoms with Gasteiger partial charge >= 0.3 is 0 Å². The first-order chi connectivity index (χ1) is 7.75. The second kappa shape index (κ2) is 5.75. The van der Waals surface area contributed by atoms with Crippen molar-refractivity contribution in [1.29, 1.82) is 0 Å². The van der Waals surface area contributed by atoms with E-state index in [1.165, 1.54) is 29.6 Å². The van der Waals surface area contributed by atoms with Gasteiger partial charge < -0.3 is 5.73 Å². The number of thiophene rings is 1. The van der Waals surface area contributed by atoms with E-state index in [-0.39, 0.29) is 4.99 Å². The van der Waals surface area contributed by atoms with Gasteiger partial charge in [-0.05, 0) is 39.9 Å². The molecule has 0 bridgehead atoms. The smallest absolute Gasteiger partial charge is 0.223 e. The molecule has 17 heavy (non-hydrogen) atoms. The Kier molecular flexibility index (Phi) is 5.08. The van der Waals surface area contributed by atoms with Gasteiger partial charge in [0.2, 0.25) is 10.0 Å². The van der Waals surface area contributed by atoms with Gasteiger partial charge in [0.1, 0.15) is 5.25 Å². The monoisotopic (exact) mass is 356 g/mol. The zero-order valence-corrected chi connectivity index (χ0v) is 13.4. The molecule has 0 saturated heterocycles. The third kappa shape index (κ3) is 3.72. The predicted octanol–water partition coefficient (Wildman–Crippen LogP) is 1.95. The van der Waals surface area contributed by atoms with Crippen molar-refractivity contribution < 1.29 is 8.42 Å². The van der Waals surface area contributed by atoms with Gasteiger partial charge in [-0.15, -0.1) is 11.3 Å². The maximum atomic E-state index is 12.0. The summed E-state index contributed by atoms with van der Waals surface area (Å²) in [6.45, 7) is 1.81. The van der Waals surface area contributed by atoms with Crippen LogP contribution in [0.3, 0.4) is 0 Å². The minimum Gasteiger partial charge on any atom is -0.392 e. The van der Waals surface area contributed by atoms with E-state index >= 15 is 0 Å². The standard InChI is InChI=1S/C9H13BrN2O2S3/c1-6(9(11)15)17(13,14)12(2)4-7-3-8(10)16-5-7/h3,5-6H,4H2,1-2H3,(H2,11,15). The number of rotatable bonds is 5. The summed E-state index contributed by atoms with van der Waals surface area (Å²) in [6.07, 6.45) is 0. The number of nitrogens with two attached hydrogens (primary N) is 1. The fourth-order valence-corrected chi connectivity index (χ4v) is 3.92. The van der Waals surface area contributed by atoms with E-state index in [0.717, 1.165) is 9.35 Å². The van der Waals surface area contributed by atoms with Crippen LogP contribution in [0.2, 0.25) is 0 Å². The maximum absolute atomic E-state index is 12.0. The summed E-state index contributed by atoms with van der Waals surface area (Å²) in [4.78, 5) is -0.0108. The molecule has 1 rings (SSSR count). The quantitative estimate of drug-likeness (QED) is 0.819. The van der Waals surface area contributed by atoms with Crippen molar-refractivity contribution in [3.05, 3.63) is 20.8 Å². The number of thiocarbonyl (C=S) groups is 1. The van der Waals surface area contributed by atoms with E-state index in [4.69, 9.17) is 18.0 Å². The van der Waals surface area contributed by atoms with Gasteiger partial charge in [-0.25, -0.2) is 8.42 Å². The van der Waals surface area contributed by atoms with Gasteiger partial charge in [-0.1, -0.05) is 12.2 Å². The van der Waals surface area contributed by atoms with Crippen molar-refractivity contribution in [3.63, 3.8) is 0 Å². The molecule has 0 spiro atoms. The largest absolute Gasteiger partial charge is 0.392 e. The van der Waals surface area contributed by atoms with Crippen LogP contribution >= 0.6 is 39.5 Å². The third-order valence-corrected chi connectivity index (χ3v) is 6.51. The van der Waals surface area contributed by atoms with Gasteiger partial charge in [0, 0.05) is 13.6 Å². The van der Waals surface area contributed by atoms with Crippen LogP contribution in [0, 0.1) is 0 Å². The Hall–Kier alpha value is -0.0200. The fourth-order valence-electron chi connectivity index (χ4n) is 1.19. The lowest BCUT2D eigenvalue weighted by Gasteiger charge is -2.20. The number of halogens is 1. The lowest BCUT2D eigenvalue weighted by molar-refractivity contribution is 0.464. The van der Waals surface area contributed by atoms with Gasteiger partial charge in [0.25, 0.3) is 0 Å². The maximum Gasteiger partial charge on any atom is 0.223 e. The molecule has 0 aliphatic carbocycles. The molecule has 0 radical (unpaired) electrons. The van der Waals surface area contributed by atoms with E-state index in [1.54, 1.807) is 0 Å². The van der Waals surface area contributed by atoms with Crippen LogP contribution in [0.1, 0.15) is 12.5 Å². The van der Waals surface area contributed by atoms with Crippen molar-refractivity contribution in [1.82, 2.24) is 4.31 Å². The second-order valence-electron chi connectivity index (χ2n) is 3.60. The number of hydrogen-bond donors (Lipinski definition) is 1. The van der Waals surface area contributed by atoms with E-state index in [2.05, 4.69) is 15.9 Å². The molecule has 1 heterocycles. The molecule has 1 atom stereocenters. The van der Waals surface area contributed by atoms with Gasteiger partial charge in [0.05, 0.1) is 8.77 Å².